The summed E-state index contributed by atoms with van der Waals surface area (Å²) in [7, 11) is 0. The third kappa shape index (κ3) is 29.5. The zero-order valence-electron chi connectivity index (χ0n) is 27.6. The Balaban J connectivity index is -0.000000643. The van der Waals surface area contributed by atoms with Crippen molar-refractivity contribution in [1.82, 2.24) is 10.4 Å². The van der Waals surface area contributed by atoms with Gasteiger partial charge in [-0.15, -0.1) is 0 Å². The van der Waals surface area contributed by atoms with Crippen LogP contribution in [0.2, 0.25) is 0 Å². The van der Waals surface area contributed by atoms with Gasteiger partial charge in [-0.05, 0) is 25.2 Å². The third-order valence-corrected chi connectivity index (χ3v) is 6.49. The smallest absolute Gasteiger partial charge is 0.475 e. The van der Waals surface area contributed by atoms with Gasteiger partial charge in [0.2, 0.25) is 0 Å². The number of hydrogen-bond acceptors (Lipinski definition) is 7. The van der Waals surface area contributed by atoms with Crippen LogP contribution < -0.4 is 22.6 Å². The lowest BCUT2D eigenvalue weighted by atomic mass is 10.1. The largest absolute Gasteiger partial charge is 0.490 e. The van der Waals surface area contributed by atoms with Gasteiger partial charge >= 0.3 is 24.1 Å². The zero-order chi connectivity index (χ0) is 34.6. The van der Waals surface area contributed by atoms with E-state index in [1.807, 2.05) is 27.7 Å². The Morgan fingerprint density at radius 1 is 0.795 bits per heavy atom. The molecular weight excluding hydrogens is 583 g/mol. The van der Waals surface area contributed by atoms with Crippen molar-refractivity contribution in [2.75, 3.05) is 13.2 Å². The first-order valence-electron chi connectivity index (χ1n) is 15.9. The van der Waals surface area contributed by atoms with Crippen LogP contribution in [0.4, 0.5) is 18.0 Å². The molecule has 0 aromatic carbocycles. The molecule has 0 aliphatic rings. The van der Waals surface area contributed by atoms with Gasteiger partial charge in [-0.3, -0.25) is 15.0 Å². The van der Waals surface area contributed by atoms with Crippen molar-refractivity contribution in [3.05, 3.63) is 0 Å². The molecular formula is C30H60F3N5O6. The van der Waals surface area contributed by atoms with Crippen molar-refractivity contribution in [2.24, 2.45) is 23.1 Å². The van der Waals surface area contributed by atoms with E-state index in [9.17, 15) is 27.6 Å². The maximum Gasteiger partial charge on any atom is 0.490 e. The van der Waals surface area contributed by atoms with Crippen LogP contribution in [-0.4, -0.2) is 65.4 Å². The van der Waals surface area contributed by atoms with Gasteiger partial charge in [0, 0.05) is 6.54 Å². The highest BCUT2D eigenvalue weighted by molar-refractivity contribution is 5.84. The molecule has 0 aliphatic heterocycles. The molecule has 0 saturated carbocycles. The summed E-state index contributed by atoms with van der Waals surface area (Å²) in [5, 5.41) is 8.23. The minimum Gasteiger partial charge on any atom is -0.475 e. The maximum atomic E-state index is 11.6. The fourth-order valence-electron chi connectivity index (χ4n) is 3.44. The van der Waals surface area contributed by atoms with E-state index < -0.39 is 30.3 Å². The fourth-order valence-corrected chi connectivity index (χ4v) is 3.44. The molecule has 0 saturated heterocycles. The number of urea groups is 1. The van der Waals surface area contributed by atoms with Crippen molar-refractivity contribution in [1.29, 1.82) is 0 Å². The van der Waals surface area contributed by atoms with E-state index in [0.29, 0.717) is 19.6 Å². The summed E-state index contributed by atoms with van der Waals surface area (Å²) in [6.07, 6.45) is 13.1. The number of unbranched alkanes of at least 4 members (excludes halogenated alkanes) is 12. The predicted molar refractivity (Wildman–Crippen MR) is 166 cm³/mol. The van der Waals surface area contributed by atoms with Gasteiger partial charge in [-0.1, -0.05) is 112 Å². The van der Waals surface area contributed by atoms with Gasteiger partial charge < -0.3 is 27.0 Å². The Hall–Kier alpha value is -2.61. The molecule has 0 radical (unpaired) electrons. The molecule has 3 amide bonds. The highest BCUT2D eigenvalue weighted by Gasteiger charge is 2.38. The molecule has 14 heteroatoms. The Morgan fingerprint density at radius 2 is 1.20 bits per heavy atom. The molecule has 0 aliphatic carbocycles. The number of carbonyl (C=O) groups is 4. The zero-order valence-corrected chi connectivity index (χ0v) is 27.6. The average molecular weight is 644 g/mol. The molecule has 2 unspecified atom stereocenters. The summed E-state index contributed by atoms with van der Waals surface area (Å²) in [4.78, 5) is 42.8. The molecule has 44 heavy (non-hydrogen) atoms. The topological polar surface area (TPSA) is 191 Å². The fraction of sp³-hybridized carbons (Fsp3) is 0.867. The number of hydrazine groups is 1. The van der Waals surface area contributed by atoms with Crippen LogP contribution in [0.1, 0.15) is 131 Å². The minimum absolute atomic E-state index is 0.0147. The van der Waals surface area contributed by atoms with Crippen LogP contribution in [0.25, 0.3) is 0 Å². The number of hydrogen-bond donors (Lipinski definition) is 5. The van der Waals surface area contributed by atoms with E-state index in [1.165, 1.54) is 64.2 Å². The summed E-state index contributed by atoms with van der Waals surface area (Å²) in [5.74, 6) is -3.38. The molecule has 2 atom stereocenters. The number of nitrogens with zero attached hydrogens (tertiary/aromatic N) is 1. The van der Waals surface area contributed by atoms with E-state index in [0.717, 1.165) is 30.7 Å². The van der Waals surface area contributed by atoms with Gasteiger partial charge in [0.25, 0.3) is 5.91 Å². The molecule has 0 fully saturated rings. The molecule has 0 heterocycles. The average Bonchev–Trinajstić information content (AvgIpc) is 2.96. The SMILES string of the molecule is CCCCCCCCCCCCCCOC(=O)C(N)CC.CCCCN(NC(=O)C(N)C(C)C)C(N)=O.O=C(O)C(F)(F)F. The molecule has 0 aromatic rings. The second kappa shape index (κ2) is 29.1. The van der Waals surface area contributed by atoms with Gasteiger partial charge in [0.1, 0.15) is 6.04 Å². The van der Waals surface area contributed by atoms with Crippen molar-refractivity contribution >= 4 is 23.9 Å². The van der Waals surface area contributed by atoms with Crippen molar-refractivity contribution in [3.8, 4) is 0 Å². The summed E-state index contributed by atoms with van der Waals surface area (Å²) in [6.45, 7) is 10.8. The van der Waals surface area contributed by atoms with Crippen molar-refractivity contribution in [3.63, 3.8) is 0 Å². The van der Waals surface area contributed by atoms with E-state index in [-0.39, 0.29) is 17.8 Å². The van der Waals surface area contributed by atoms with E-state index >= 15 is 0 Å². The van der Waals surface area contributed by atoms with Gasteiger partial charge in [-0.2, -0.15) is 13.2 Å². The number of aliphatic carboxylic acids is 1. The number of halogens is 3. The lowest BCUT2D eigenvalue weighted by Crippen LogP contribution is -2.55. The van der Waals surface area contributed by atoms with Crippen LogP contribution >= 0.6 is 0 Å². The number of nitrogens with one attached hydrogen (secondary N) is 1. The number of alkyl halides is 3. The first kappa shape index (κ1) is 45.8. The highest BCUT2D eigenvalue weighted by Crippen LogP contribution is 2.13. The normalized spacial score (nSPS) is 12.2. The molecule has 262 valence electrons. The molecule has 0 rings (SSSR count). The molecule has 0 spiro atoms. The first-order chi connectivity index (χ1) is 20.6. The second-order valence-corrected chi connectivity index (χ2v) is 11.0. The van der Waals surface area contributed by atoms with Crippen molar-refractivity contribution < 1.29 is 42.2 Å². The number of ether oxygens (including phenoxy) is 1. The number of nitrogens with two attached hydrogens (primary N) is 3. The molecule has 8 N–H and O–H groups in total. The number of esters is 1. The van der Waals surface area contributed by atoms with E-state index in [2.05, 4.69) is 12.3 Å². The second-order valence-electron chi connectivity index (χ2n) is 11.0. The van der Waals surface area contributed by atoms with Gasteiger partial charge in [-0.25, -0.2) is 14.6 Å². The first-order valence-corrected chi connectivity index (χ1v) is 15.9. The molecule has 11 nitrogen and oxygen atoms in total. The lowest BCUT2D eigenvalue weighted by Gasteiger charge is -2.24. The Bertz CT molecular complexity index is 757. The predicted octanol–water partition coefficient (Wildman–Crippen LogP) is 5.78. The Labute approximate surface area is 262 Å². The summed E-state index contributed by atoms with van der Waals surface area (Å²) in [5.41, 5.74) is 18.8. The van der Waals surface area contributed by atoms with Gasteiger partial charge in [0.05, 0.1) is 12.6 Å². The van der Waals surface area contributed by atoms with Crippen LogP contribution in [0, 0.1) is 5.92 Å². The van der Waals surface area contributed by atoms with Crippen LogP contribution in [0.5, 0.6) is 0 Å². The number of amides is 3. The maximum absolute atomic E-state index is 11.6. The van der Waals surface area contributed by atoms with Crippen LogP contribution in [0.15, 0.2) is 0 Å². The number of carbonyl (C=O) groups excluding carboxylic acids is 3. The van der Waals surface area contributed by atoms with Crippen molar-refractivity contribution in [2.45, 2.75) is 149 Å². The Kier molecular flexibility index (Phi) is 30.3. The number of carboxylic acid groups (broad SMARTS) is 1. The monoisotopic (exact) mass is 643 g/mol. The van der Waals surface area contributed by atoms with E-state index in [1.54, 1.807) is 0 Å². The number of carboxylic acids is 1. The molecule has 0 aromatic heterocycles. The van der Waals surface area contributed by atoms with Crippen LogP contribution in [0.3, 0.4) is 0 Å². The van der Waals surface area contributed by atoms with Gasteiger partial charge in [0.15, 0.2) is 0 Å². The molecule has 0 bridgehead atoms. The van der Waals surface area contributed by atoms with E-state index in [4.69, 9.17) is 31.8 Å². The summed E-state index contributed by atoms with van der Waals surface area (Å²) in [6, 6.07) is -1.75. The quantitative estimate of drug-likeness (QED) is 0.0626. The highest BCUT2D eigenvalue weighted by atomic mass is 19.4. The number of rotatable bonds is 20. The summed E-state index contributed by atoms with van der Waals surface area (Å²) >= 11 is 0. The standard InChI is InChI=1S/C18H37NO2.C10H22N4O2.C2HF3O2/c1-3-5-6-7-8-9-10-11-12-13-14-15-16-21-18(20)17(19)4-2;1-4-5-6-14(10(12)16)13-9(15)8(11)7(2)3;3-2(4,5)1(6)7/h17H,3-16,19H2,1-2H3;7-8H,4-6,11H2,1-3H3,(H2,12,16)(H,13,15);(H,6,7). The number of primary amides is 1. The van der Waals surface area contributed by atoms with Crippen LogP contribution in [-0.2, 0) is 19.1 Å². The minimum atomic E-state index is -5.08. The summed E-state index contributed by atoms with van der Waals surface area (Å²) < 4.78 is 36.9. The lowest BCUT2D eigenvalue weighted by molar-refractivity contribution is -0.192. The Morgan fingerprint density at radius 3 is 1.55 bits per heavy atom. The third-order valence-electron chi connectivity index (χ3n) is 6.49.